The van der Waals surface area contributed by atoms with Gasteiger partial charge >= 0.3 is 5.97 Å². The van der Waals surface area contributed by atoms with Crippen LogP contribution < -0.4 is 15.7 Å². The third-order valence-electron chi connectivity index (χ3n) is 5.26. The van der Waals surface area contributed by atoms with E-state index < -0.39 is 23.3 Å². The number of nitrogens with zero attached hydrogens (tertiary/aromatic N) is 3. The van der Waals surface area contributed by atoms with E-state index in [1.807, 2.05) is 0 Å². The number of hydrogen-bond acceptors (Lipinski definition) is 6. The minimum atomic E-state index is -1.33. The van der Waals surface area contributed by atoms with Crippen LogP contribution in [0.15, 0.2) is 21.2 Å². The lowest BCUT2D eigenvalue weighted by molar-refractivity contribution is 0.0697. The van der Waals surface area contributed by atoms with E-state index in [9.17, 15) is 19.8 Å². The fourth-order valence-corrected chi connectivity index (χ4v) is 5.20. The minimum Gasteiger partial charge on any atom is -0.477 e. The van der Waals surface area contributed by atoms with Crippen LogP contribution >= 0.6 is 11.3 Å². The summed E-state index contributed by atoms with van der Waals surface area (Å²) < 4.78 is 16.8. The number of aromatic nitrogens is 1. The SMILES string of the molecule is CN=c1c2c(N3CCC(O)C3)c(F)cc3c(=O)c(C(=O)O)c4scc1n4c32. The van der Waals surface area contributed by atoms with Crippen LogP contribution in [0.25, 0.3) is 26.6 Å². The summed E-state index contributed by atoms with van der Waals surface area (Å²) in [4.78, 5) is 30.9. The van der Waals surface area contributed by atoms with Gasteiger partial charge in [-0.1, -0.05) is 0 Å². The summed E-state index contributed by atoms with van der Waals surface area (Å²) in [6.45, 7) is 0.788. The Hall–Kier alpha value is -2.78. The number of carboxylic acid groups (broad SMARTS) is 1. The van der Waals surface area contributed by atoms with Gasteiger partial charge in [0.15, 0.2) is 0 Å². The third kappa shape index (κ3) is 1.95. The largest absolute Gasteiger partial charge is 0.477 e. The molecule has 1 aliphatic rings. The highest BCUT2D eigenvalue weighted by Crippen LogP contribution is 2.37. The maximum absolute atomic E-state index is 15.1. The second kappa shape index (κ2) is 5.37. The average molecular weight is 387 g/mol. The molecule has 4 aromatic rings. The fraction of sp³-hybridized carbons (Fsp3) is 0.278. The summed E-state index contributed by atoms with van der Waals surface area (Å²) in [6, 6.07) is 1.11. The molecule has 1 saturated heterocycles. The number of hydrogen-bond donors (Lipinski definition) is 2. The van der Waals surface area contributed by atoms with Gasteiger partial charge in [0.1, 0.15) is 16.2 Å². The van der Waals surface area contributed by atoms with Crippen molar-refractivity contribution in [3.8, 4) is 0 Å². The van der Waals surface area contributed by atoms with Crippen molar-refractivity contribution >= 4 is 49.6 Å². The molecule has 4 heterocycles. The van der Waals surface area contributed by atoms with Crippen molar-refractivity contribution in [3.63, 3.8) is 0 Å². The molecule has 1 atom stereocenters. The molecule has 1 aliphatic heterocycles. The molecule has 7 nitrogen and oxygen atoms in total. The zero-order chi connectivity index (χ0) is 19.0. The standard InChI is InChI=1S/C18H14FN3O4S/c1-20-13-10-6-27-17-12(18(25)26)16(24)8-4-9(19)15(11(13)14(8)22(10)17)21-3-2-7(23)5-21/h4,6-7,23H,2-3,5H2,1H3,(H,25,26). The first-order valence-electron chi connectivity index (χ1n) is 8.40. The highest BCUT2D eigenvalue weighted by atomic mass is 32.1. The highest BCUT2D eigenvalue weighted by Gasteiger charge is 2.31. The third-order valence-corrected chi connectivity index (χ3v) is 6.21. The molecular weight excluding hydrogens is 373 g/mol. The molecule has 27 heavy (non-hydrogen) atoms. The first-order chi connectivity index (χ1) is 12.9. The molecule has 0 radical (unpaired) electrons. The van der Waals surface area contributed by atoms with Crippen LogP contribution in [0, 0.1) is 5.82 Å². The zero-order valence-electron chi connectivity index (χ0n) is 14.2. The summed E-state index contributed by atoms with van der Waals surface area (Å²) >= 11 is 1.16. The zero-order valence-corrected chi connectivity index (χ0v) is 15.0. The molecule has 0 aliphatic carbocycles. The Labute approximate surface area is 154 Å². The number of aliphatic hydroxyl groups excluding tert-OH is 1. The van der Waals surface area contributed by atoms with Gasteiger partial charge in [0.25, 0.3) is 0 Å². The van der Waals surface area contributed by atoms with Gasteiger partial charge in [-0.2, -0.15) is 0 Å². The molecule has 0 amide bonds. The average Bonchev–Trinajstić information content (AvgIpc) is 3.29. The van der Waals surface area contributed by atoms with Crippen molar-refractivity contribution < 1.29 is 19.4 Å². The molecule has 0 bridgehead atoms. The Bertz CT molecular complexity index is 1360. The first-order valence-corrected chi connectivity index (χ1v) is 9.28. The summed E-state index contributed by atoms with van der Waals surface area (Å²) in [5, 5.41) is 22.2. The smallest absolute Gasteiger partial charge is 0.342 e. The van der Waals surface area contributed by atoms with Crippen LogP contribution in [0.2, 0.25) is 0 Å². The monoisotopic (exact) mass is 387 g/mol. The lowest BCUT2D eigenvalue weighted by atomic mass is 10.1. The predicted octanol–water partition coefficient (Wildman–Crippen LogP) is 1.48. The number of carboxylic acids is 1. The summed E-state index contributed by atoms with van der Waals surface area (Å²) in [5.74, 6) is -1.95. The number of rotatable bonds is 2. The molecule has 1 fully saturated rings. The van der Waals surface area contributed by atoms with Crippen molar-refractivity contribution in [2.45, 2.75) is 12.5 Å². The van der Waals surface area contributed by atoms with Gasteiger partial charge < -0.3 is 15.1 Å². The Morgan fingerprint density at radius 1 is 1.44 bits per heavy atom. The predicted molar refractivity (Wildman–Crippen MR) is 100 cm³/mol. The van der Waals surface area contributed by atoms with Gasteiger partial charge in [0.05, 0.1) is 39.0 Å². The Morgan fingerprint density at radius 2 is 2.22 bits per heavy atom. The lowest BCUT2D eigenvalue weighted by Crippen LogP contribution is -2.24. The quantitative estimate of drug-likeness (QED) is 0.543. The van der Waals surface area contributed by atoms with E-state index in [0.29, 0.717) is 51.8 Å². The van der Waals surface area contributed by atoms with Gasteiger partial charge in [-0.25, -0.2) is 9.18 Å². The van der Waals surface area contributed by atoms with Crippen molar-refractivity contribution in [2.75, 3.05) is 25.0 Å². The lowest BCUT2D eigenvalue weighted by Gasteiger charge is -2.20. The summed E-state index contributed by atoms with van der Waals surface area (Å²) in [5.41, 5.74) is 0.376. The fourth-order valence-electron chi connectivity index (χ4n) is 4.17. The highest BCUT2D eigenvalue weighted by molar-refractivity contribution is 7.16. The molecular formula is C18H14FN3O4S. The van der Waals surface area contributed by atoms with Crippen LogP contribution in [0.3, 0.4) is 0 Å². The second-order valence-electron chi connectivity index (χ2n) is 6.71. The topological polar surface area (TPSA) is 94.6 Å². The molecule has 1 aromatic carbocycles. The first kappa shape index (κ1) is 16.4. The van der Waals surface area contributed by atoms with Gasteiger partial charge in [0, 0.05) is 25.5 Å². The van der Waals surface area contributed by atoms with Crippen LogP contribution in [-0.2, 0) is 0 Å². The van der Waals surface area contributed by atoms with Crippen LogP contribution in [0.5, 0.6) is 0 Å². The van der Waals surface area contributed by atoms with E-state index in [1.54, 1.807) is 21.7 Å². The number of thiazole rings is 1. The number of halogens is 1. The van der Waals surface area contributed by atoms with E-state index in [0.717, 1.165) is 17.4 Å². The number of aliphatic hydroxyl groups is 1. The van der Waals surface area contributed by atoms with E-state index in [4.69, 9.17) is 0 Å². The van der Waals surface area contributed by atoms with Gasteiger partial charge in [0.2, 0.25) is 5.43 Å². The van der Waals surface area contributed by atoms with Crippen molar-refractivity contribution in [1.82, 2.24) is 4.40 Å². The van der Waals surface area contributed by atoms with Gasteiger partial charge in [-0.05, 0) is 12.5 Å². The van der Waals surface area contributed by atoms with Crippen LogP contribution in [-0.4, -0.2) is 46.8 Å². The molecule has 3 aromatic heterocycles. The molecule has 0 spiro atoms. The van der Waals surface area contributed by atoms with Crippen molar-refractivity contribution in [3.05, 3.63) is 38.4 Å². The van der Waals surface area contributed by atoms with Crippen LogP contribution in [0.1, 0.15) is 16.8 Å². The maximum atomic E-state index is 15.1. The van der Waals surface area contributed by atoms with E-state index >= 15 is 4.39 Å². The van der Waals surface area contributed by atoms with Crippen LogP contribution in [0.4, 0.5) is 10.1 Å². The summed E-state index contributed by atoms with van der Waals surface area (Å²) in [6.07, 6.45) is -0.00862. The minimum absolute atomic E-state index is 0.0270. The molecule has 138 valence electrons. The number of aromatic carboxylic acids is 1. The van der Waals surface area contributed by atoms with Gasteiger partial charge in [-0.3, -0.25) is 14.2 Å². The molecule has 1 unspecified atom stereocenters. The molecule has 9 heteroatoms. The summed E-state index contributed by atoms with van der Waals surface area (Å²) in [7, 11) is 1.58. The van der Waals surface area contributed by atoms with E-state index in [2.05, 4.69) is 4.99 Å². The normalized spacial score (nSPS) is 18.7. The second-order valence-corrected chi connectivity index (χ2v) is 7.57. The number of anilines is 1. The molecule has 2 N–H and O–H groups in total. The Balaban J connectivity index is 2.06. The Morgan fingerprint density at radius 3 is 2.85 bits per heavy atom. The number of carbonyl (C=O) groups is 1. The van der Waals surface area contributed by atoms with E-state index in [1.165, 1.54) is 0 Å². The number of benzene rings is 1. The molecule has 0 saturated carbocycles. The maximum Gasteiger partial charge on any atom is 0.342 e. The number of β-amino-alcohol motifs (C(OH)–C–C–N with tert-alkyl or cyclic N) is 1. The van der Waals surface area contributed by atoms with Gasteiger partial charge in [-0.15, -0.1) is 11.3 Å². The van der Waals surface area contributed by atoms with Crippen molar-refractivity contribution in [2.24, 2.45) is 4.99 Å². The molecule has 5 rings (SSSR count). The Kier molecular flexibility index (Phi) is 3.26. The van der Waals surface area contributed by atoms with E-state index in [-0.39, 0.29) is 10.9 Å². The van der Waals surface area contributed by atoms with Crippen molar-refractivity contribution in [1.29, 1.82) is 0 Å². The number of pyridine rings is 1.